The van der Waals surface area contributed by atoms with Gasteiger partial charge in [0.1, 0.15) is 6.54 Å². The Morgan fingerprint density at radius 2 is 1.39 bits per heavy atom. The van der Waals surface area contributed by atoms with Crippen LogP contribution in [0.4, 0.5) is 0 Å². The Morgan fingerprint density at radius 3 is 1.94 bits per heavy atom. The van der Waals surface area contributed by atoms with E-state index < -0.39 is 0 Å². The molecule has 1 rings (SSSR count). The number of aryl methyl sites for hydroxylation is 2. The van der Waals surface area contributed by atoms with Gasteiger partial charge in [0.25, 0.3) is 0 Å². The molecule has 0 aromatic carbocycles. The number of rotatable bonds is 9. The number of hydrogen-bond donors (Lipinski definition) is 0. The van der Waals surface area contributed by atoms with Gasteiger partial charge < -0.3 is 4.70 Å². The summed E-state index contributed by atoms with van der Waals surface area (Å²) in [4.78, 5) is 0. The van der Waals surface area contributed by atoms with Crippen LogP contribution in [0.15, 0.2) is 24.5 Å². The fraction of sp³-hybridized carbons (Fsp3) is 0.688. The molecule has 18 heavy (non-hydrogen) atoms. The van der Waals surface area contributed by atoms with Gasteiger partial charge in [0.05, 0.1) is 0 Å². The van der Waals surface area contributed by atoms with Gasteiger partial charge in [0.15, 0.2) is 12.4 Å². The largest absolute Gasteiger partial charge is 1.00 e. The van der Waals surface area contributed by atoms with E-state index >= 15 is 0 Å². The van der Waals surface area contributed by atoms with Crippen LogP contribution in [0.25, 0.3) is 0 Å². The summed E-state index contributed by atoms with van der Waals surface area (Å²) in [6, 6.07) is 4.47. The molecule has 104 valence electrons. The summed E-state index contributed by atoms with van der Waals surface area (Å²) in [5.74, 6) is 0. The molecule has 0 atom stereocenters. The Hall–Kier alpha value is -0.920. The number of unbranched alkanes of at least 4 members (excludes halogenated alkanes) is 6. The summed E-state index contributed by atoms with van der Waals surface area (Å²) in [7, 11) is 0. The number of hydrogen-bond acceptors (Lipinski definition) is 0. The lowest BCUT2D eigenvalue weighted by atomic mass is 10.1. The van der Waals surface area contributed by atoms with Crippen molar-refractivity contribution in [2.24, 2.45) is 0 Å². The normalized spacial score (nSPS) is 10.1. The average Bonchev–Trinajstić information content (AvgIpc) is 2.38. The molecule has 0 saturated heterocycles. The van der Waals surface area contributed by atoms with E-state index in [1.54, 1.807) is 0 Å². The predicted molar refractivity (Wildman–Crippen MR) is 74.0 cm³/mol. The fourth-order valence-corrected chi connectivity index (χ4v) is 2.12. The summed E-state index contributed by atoms with van der Waals surface area (Å²) in [5, 5.41) is 0. The molecular weight excluding hydrogens is 225 g/mol. The van der Waals surface area contributed by atoms with Crippen LogP contribution in [0.5, 0.6) is 0 Å². The first kappa shape index (κ1) is 17.1. The lowest BCUT2D eigenvalue weighted by Gasteiger charge is -2.00. The number of aromatic nitrogens is 1. The van der Waals surface area contributed by atoms with Gasteiger partial charge in [-0.25, -0.2) is 4.57 Å². The Bertz CT molecular complexity index is 282. The molecule has 0 unspecified atom stereocenters. The van der Waals surface area contributed by atoms with E-state index in [9.17, 15) is 0 Å². The highest BCUT2D eigenvalue weighted by atomic mass is 19.0. The van der Waals surface area contributed by atoms with Gasteiger partial charge in [-0.3, -0.25) is 0 Å². The van der Waals surface area contributed by atoms with Crippen LogP contribution < -0.4 is 9.27 Å². The van der Waals surface area contributed by atoms with Crippen LogP contribution in [0.3, 0.4) is 0 Å². The molecule has 0 amide bonds. The average molecular weight is 253 g/mol. The number of halogens is 1. The zero-order valence-electron chi connectivity index (χ0n) is 12.0. The zero-order valence-corrected chi connectivity index (χ0v) is 12.0. The third kappa shape index (κ3) is 7.41. The highest BCUT2D eigenvalue weighted by Crippen LogP contribution is 2.06. The first-order valence-corrected chi connectivity index (χ1v) is 7.34. The van der Waals surface area contributed by atoms with Crippen LogP contribution in [0, 0.1) is 0 Å². The maximum absolute atomic E-state index is 2.31. The molecule has 2 heteroatoms. The van der Waals surface area contributed by atoms with E-state index in [0.29, 0.717) is 0 Å². The summed E-state index contributed by atoms with van der Waals surface area (Å²) in [5.41, 5.74) is 1.43. The van der Waals surface area contributed by atoms with Crippen LogP contribution >= 0.6 is 0 Å². The Morgan fingerprint density at radius 1 is 0.833 bits per heavy atom. The molecule has 0 saturated carbocycles. The van der Waals surface area contributed by atoms with Gasteiger partial charge >= 0.3 is 0 Å². The van der Waals surface area contributed by atoms with Crippen molar-refractivity contribution in [3.05, 3.63) is 30.1 Å². The standard InChI is InChI=1S/C16H28N.FH/c1-3-5-6-7-8-9-10-13-17-14-11-16(4-2)12-15-17;/h11-12,14-15H,3-10,13H2,1-2H3;1H/q+1;/p-1. The summed E-state index contributed by atoms with van der Waals surface area (Å²) < 4.78 is 2.31. The van der Waals surface area contributed by atoms with Crippen molar-refractivity contribution in [1.82, 2.24) is 0 Å². The van der Waals surface area contributed by atoms with Crippen molar-refractivity contribution in [2.45, 2.75) is 71.8 Å². The van der Waals surface area contributed by atoms with Crippen molar-refractivity contribution in [3.8, 4) is 0 Å². The summed E-state index contributed by atoms with van der Waals surface area (Å²) in [6.07, 6.45) is 15.3. The first-order valence-electron chi connectivity index (χ1n) is 7.34. The second kappa shape index (κ2) is 11.2. The van der Waals surface area contributed by atoms with Crippen LogP contribution in [0.1, 0.15) is 64.4 Å². The van der Waals surface area contributed by atoms with Crippen molar-refractivity contribution in [1.29, 1.82) is 0 Å². The molecule has 0 aliphatic rings. The van der Waals surface area contributed by atoms with E-state index in [1.165, 1.54) is 57.1 Å². The Balaban J connectivity index is 0.00000289. The summed E-state index contributed by atoms with van der Waals surface area (Å²) in [6.45, 7) is 5.66. The molecular formula is C16H28FN. The monoisotopic (exact) mass is 253 g/mol. The minimum atomic E-state index is 0. The van der Waals surface area contributed by atoms with Gasteiger partial charge in [0.2, 0.25) is 0 Å². The molecule has 0 fully saturated rings. The topological polar surface area (TPSA) is 3.88 Å². The third-order valence-corrected chi connectivity index (χ3v) is 3.39. The predicted octanol–water partition coefficient (Wildman–Crippen LogP) is 1.29. The van der Waals surface area contributed by atoms with E-state index in [4.69, 9.17) is 0 Å². The van der Waals surface area contributed by atoms with Gasteiger partial charge in [-0.15, -0.1) is 0 Å². The third-order valence-electron chi connectivity index (χ3n) is 3.39. The van der Waals surface area contributed by atoms with E-state index in [2.05, 4.69) is 42.9 Å². The van der Waals surface area contributed by atoms with E-state index in [1.807, 2.05) is 0 Å². The maximum atomic E-state index is 2.31. The first-order chi connectivity index (χ1) is 8.36. The summed E-state index contributed by atoms with van der Waals surface area (Å²) >= 11 is 0. The molecule has 0 bridgehead atoms. The van der Waals surface area contributed by atoms with Crippen molar-refractivity contribution >= 4 is 0 Å². The highest BCUT2D eigenvalue weighted by Gasteiger charge is 1.99. The second-order valence-corrected chi connectivity index (χ2v) is 4.92. The molecule has 0 aliphatic heterocycles. The van der Waals surface area contributed by atoms with Crippen LogP contribution in [-0.4, -0.2) is 0 Å². The molecule has 0 aliphatic carbocycles. The lowest BCUT2D eigenvalue weighted by Crippen LogP contribution is -3.00. The molecule has 1 aromatic rings. The second-order valence-electron chi connectivity index (χ2n) is 4.92. The molecule has 1 aromatic heterocycles. The highest BCUT2D eigenvalue weighted by molar-refractivity contribution is 5.06. The quantitative estimate of drug-likeness (QED) is 0.461. The minimum Gasteiger partial charge on any atom is -1.00 e. The minimum absolute atomic E-state index is 0. The van der Waals surface area contributed by atoms with Crippen molar-refractivity contribution < 1.29 is 9.27 Å². The van der Waals surface area contributed by atoms with Gasteiger partial charge in [0, 0.05) is 18.6 Å². The maximum Gasteiger partial charge on any atom is 0.169 e. The van der Waals surface area contributed by atoms with Crippen LogP contribution in [-0.2, 0) is 13.0 Å². The van der Waals surface area contributed by atoms with Crippen molar-refractivity contribution in [3.63, 3.8) is 0 Å². The Kier molecular flexibility index (Phi) is 10.6. The van der Waals surface area contributed by atoms with Gasteiger partial charge in [-0.2, -0.15) is 0 Å². The van der Waals surface area contributed by atoms with Gasteiger partial charge in [-0.1, -0.05) is 46.0 Å². The Labute approximate surface area is 112 Å². The molecule has 1 heterocycles. The number of pyridine rings is 1. The van der Waals surface area contributed by atoms with Crippen LogP contribution in [0.2, 0.25) is 0 Å². The zero-order chi connectivity index (χ0) is 12.3. The fourth-order valence-electron chi connectivity index (χ4n) is 2.12. The van der Waals surface area contributed by atoms with E-state index in [0.717, 1.165) is 6.42 Å². The molecule has 0 N–H and O–H groups in total. The lowest BCUT2D eigenvalue weighted by molar-refractivity contribution is -0.697. The number of nitrogens with zero attached hydrogens (tertiary/aromatic N) is 1. The SMILES string of the molecule is CCCCCCCCC[n+]1ccc(CC)cc1.[F-]. The molecule has 0 spiro atoms. The van der Waals surface area contributed by atoms with Gasteiger partial charge in [-0.05, 0) is 18.4 Å². The van der Waals surface area contributed by atoms with Crippen molar-refractivity contribution in [2.75, 3.05) is 0 Å². The molecule has 0 radical (unpaired) electrons. The van der Waals surface area contributed by atoms with E-state index in [-0.39, 0.29) is 4.70 Å². The molecule has 1 nitrogen and oxygen atoms in total. The smallest absolute Gasteiger partial charge is 0.169 e.